The number of hydrogen-bond donors (Lipinski definition) is 0. The number of benzene rings is 2. The molecule has 0 spiro atoms. The van der Waals surface area contributed by atoms with E-state index in [2.05, 4.69) is 26.8 Å². The Balaban J connectivity index is 1.76. The summed E-state index contributed by atoms with van der Waals surface area (Å²) >= 11 is 0. The first-order chi connectivity index (χ1) is 16.4. The predicted octanol–water partition coefficient (Wildman–Crippen LogP) is 4.75. The van der Waals surface area contributed by atoms with Crippen LogP contribution >= 0.6 is 0 Å². The highest BCUT2D eigenvalue weighted by Gasteiger charge is 2.53. The topological polar surface area (TPSA) is 72.5 Å². The van der Waals surface area contributed by atoms with Gasteiger partial charge in [-0.05, 0) is 58.7 Å². The Morgan fingerprint density at radius 2 is 1.47 bits per heavy atom. The van der Waals surface area contributed by atoms with Gasteiger partial charge in [-0.2, -0.15) is 0 Å². The third-order valence-electron chi connectivity index (χ3n) is 7.91. The van der Waals surface area contributed by atoms with Gasteiger partial charge in [0.1, 0.15) is 0 Å². The number of methoxy groups -OCH3 is 3. The first kappa shape index (κ1) is 22.7. The number of fused-ring (bicyclic) bond motifs is 3. The highest BCUT2D eigenvalue weighted by molar-refractivity contribution is 5.79. The van der Waals surface area contributed by atoms with E-state index < -0.39 is 0 Å². The molecule has 0 saturated carbocycles. The lowest BCUT2D eigenvalue weighted by Gasteiger charge is -2.43. The number of rotatable bonds is 6. The van der Waals surface area contributed by atoms with Crippen LogP contribution in [0.25, 0.3) is 0 Å². The molecule has 34 heavy (non-hydrogen) atoms. The Kier molecular flexibility index (Phi) is 5.74. The second kappa shape index (κ2) is 8.60. The van der Waals surface area contributed by atoms with Crippen molar-refractivity contribution in [1.82, 2.24) is 0 Å². The number of esters is 1. The summed E-state index contributed by atoms with van der Waals surface area (Å²) in [6, 6.07) is 8.04. The van der Waals surface area contributed by atoms with E-state index in [0.717, 1.165) is 16.9 Å². The molecule has 0 amide bonds. The van der Waals surface area contributed by atoms with Gasteiger partial charge in [0.05, 0.1) is 33.9 Å². The highest BCUT2D eigenvalue weighted by Crippen LogP contribution is 2.58. The Labute approximate surface area is 200 Å². The molecule has 7 heteroatoms. The maximum Gasteiger partial charge on any atom is 0.310 e. The molecule has 2 aliphatic heterocycles. The average molecular weight is 469 g/mol. The quantitative estimate of drug-likeness (QED) is 0.567. The molecule has 0 bridgehead atoms. The summed E-state index contributed by atoms with van der Waals surface area (Å²) in [7, 11) is 4.78. The molecule has 0 N–H and O–H groups in total. The van der Waals surface area contributed by atoms with Crippen molar-refractivity contribution >= 4 is 5.97 Å². The zero-order valence-corrected chi connectivity index (χ0v) is 20.5. The number of carbonyl (C=O) groups is 1. The van der Waals surface area contributed by atoms with Gasteiger partial charge in [-0.25, -0.2) is 0 Å². The lowest BCUT2D eigenvalue weighted by molar-refractivity contribution is -0.141. The van der Waals surface area contributed by atoms with Crippen molar-refractivity contribution in [2.45, 2.75) is 32.6 Å². The van der Waals surface area contributed by atoms with Crippen LogP contribution in [0.2, 0.25) is 0 Å². The fourth-order valence-electron chi connectivity index (χ4n) is 5.97. The van der Waals surface area contributed by atoms with E-state index in [0.29, 0.717) is 41.4 Å². The molecule has 2 aromatic rings. The van der Waals surface area contributed by atoms with Gasteiger partial charge in [0, 0.05) is 11.8 Å². The number of ether oxygens (including phenoxy) is 6. The predicted molar refractivity (Wildman–Crippen MR) is 125 cm³/mol. The van der Waals surface area contributed by atoms with Crippen molar-refractivity contribution in [2.24, 2.45) is 23.7 Å². The van der Waals surface area contributed by atoms with E-state index in [1.807, 2.05) is 18.2 Å². The second-order valence-corrected chi connectivity index (χ2v) is 9.72. The number of cyclic esters (lactones) is 1. The average Bonchev–Trinajstić information content (AvgIpc) is 3.45. The van der Waals surface area contributed by atoms with Crippen molar-refractivity contribution in [1.29, 1.82) is 0 Å². The fraction of sp³-hybridized carbons (Fsp3) is 0.519. The van der Waals surface area contributed by atoms with Crippen molar-refractivity contribution < 1.29 is 33.2 Å². The molecule has 1 aliphatic carbocycles. The first-order valence-electron chi connectivity index (χ1n) is 11.8. The molecule has 182 valence electrons. The molecule has 7 nitrogen and oxygen atoms in total. The third-order valence-corrected chi connectivity index (χ3v) is 7.91. The van der Waals surface area contributed by atoms with Gasteiger partial charge in [-0.15, -0.1) is 0 Å². The summed E-state index contributed by atoms with van der Waals surface area (Å²) in [5, 5.41) is 0. The minimum atomic E-state index is -0.318. The highest BCUT2D eigenvalue weighted by atomic mass is 16.7. The van der Waals surface area contributed by atoms with E-state index in [9.17, 15) is 4.79 Å². The summed E-state index contributed by atoms with van der Waals surface area (Å²) in [5.74, 6) is 3.39. The largest absolute Gasteiger partial charge is 0.493 e. The van der Waals surface area contributed by atoms with Gasteiger partial charge in [-0.3, -0.25) is 4.79 Å². The maximum atomic E-state index is 13.2. The lowest BCUT2D eigenvalue weighted by Crippen LogP contribution is -2.38. The lowest BCUT2D eigenvalue weighted by atomic mass is 9.59. The van der Waals surface area contributed by atoms with Crippen molar-refractivity contribution in [2.75, 3.05) is 34.7 Å². The molecule has 0 aromatic heterocycles. The fourth-order valence-corrected chi connectivity index (χ4v) is 5.97. The van der Waals surface area contributed by atoms with E-state index >= 15 is 0 Å². The molecule has 0 radical (unpaired) electrons. The Hall–Kier alpha value is -3.09. The third kappa shape index (κ3) is 3.36. The first-order valence-corrected chi connectivity index (χ1v) is 11.8. The van der Waals surface area contributed by atoms with Crippen LogP contribution in [0.15, 0.2) is 24.3 Å². The van der Waals surface area contributed by atoms with Crippen LogP contribution in [0, 0.1) is 23.7 Å². The molecule has 2 aromatic carbocycles. The summed E-state index contributed by atoms with van der Waals surface area (Å²) in [4.78, 5) is 13.2. The van der Waals surface area contributed by atoms with E-state index in [1.54, 1.807) is 21.3 Å². The SMILES string of the molecule is COc1cc([C@@H]2c3cc4c(cc3[C@H]([C@@H](C)C(C)C)[C@H]3COC(=O)[C@H]23)OCO4)cc(OC)c1OC. The summed E-state index contributed by atoms with van der Waals surface area (Å²) in [6.45, 7) is 7.35. The van der Waals surface area contributed by atoms with Gasteiger partial charge in [0.2, 0.25) is 12.5 Å². The normalized spacial score (nSPS) is 25.4. The molecule has 1 saturated heterocycles. The zero-order valence-electron chi connectivity index (χ0n) is 20.5. The van der Waals surface area contributed by atoms with Crippen LogP contribution < -0.4 is 23.7 Å². The van der Waals surface area contributed by atoms with E-state index in [1.165, 1.54) is 5.56 Å². The van der Waals surface area contributed by atoms with Crippen LogP contribution in [0.3, 0.4) is 0 Å². The minimum absolute atomic E-state index is 0.0573. The van der Waals surface area contributed by atoms with Gasteiger partial charge < -0.3 is 28.4 Å². The zero-order chi connectivity index (χ0) is 24.1. The van der Waals surface area contributed by atoms with Crippen molar-refractivity contribution in [3.05, 3.63) is 41.0 Å². The Morgan fingerprint density at radius 3 is 2.03 bits per heavy atom. The molecule has 2 heterocycles. The van der Waals surface area contributed by atoms with Gasteiger partial charge in [0.15, 0.2) is 23.0 Å². The molecule has 0 unspecified atom stereocenters. The smallest absolute Gasteiger partial charge is 0.310 e. The van der Waals surface area contributed by atoms with Gasteiger partial charge >= 0.3 is 5.97 Å². The summed E-state index contributed by atoms with van der Waals surface area (Å²) in [6.07, 6.45) is 0. The van der Waals surface area contributed by atoms with Gasteiger partial charge in [-0.1, -0.05) is 20.8 Å². The van der Waals surface area contributed by atoms with Crippen LogP contribution in [0.5, 0.6) is 28.7 Å². The van der Waals surface area contributed by atoms with Gasteiger partial charge in [0.25, 0.3) is 0 Å². The maximum absolute atomic E-state index is 13.2. The summed E-state index contributed by atoms with van der Waals surface area (Å²) < 4.78 is 34.0. The minimum Gasteiger partial charge on any atom is -0.493 e. The Morgan fingerprint density at radius 1 is 0.853 bits per heavy atom. The second-order valence-electron chi connectivity index (χ2n) is 9.72. The standard InChI is InChI=1S/C27H32O7/c1-13(2)14(3)23-16-9-19-20(34-12-33-19)10-17(16)24(25-18(23)11-32-27(25)28)15-7-21(29-4)26(31-6)22(8-15)30-5/h7-10,13-14,18,23-25H,11-12H2,1-6H3/t14-,18+,23-,24+,25-/m0/s1. The molecule has 5 rings (SSSR count). The number of carbonyl (C=O) groups excluding carboxylic acids is 1. The van der Waals surface area contributed by atoms with E-state index in [4.69, 9.17) is 28.4 Å². The molecule has 3 aliphatic rings. The molecular formula is C27H32O7. The van der Waals surface area contributed by atoms with Crippen LogP contribution in [-0.2, 0) is 9.53 Å². The molecule has 5 atom stereocenters. The molecule has 1 fully saturated rings. The molecular weight excluding hydrogens is 436 g/mol. The summed E-state index contributed by atoms with van der Waals surface area (Å²) in [5.41, 5.74) is 3.18. The van der Waals surface area contributed by atoms with Crippen LogP contribution in [-0.4, -0.2) is 40.7 Å². The van der Waals surface area contributed by atoms with Crippen molar-refractivity contribution in [3.63, 3.8) is 0 Å². The number of hydrogen-bond acceptors (Lipinski definition) is 7. The van der Waals surface area contributed by atoms with Crippen molar-refractivity contribution in [3.8, 4) is 28.7 Å². The Bertz CT molecular complexity index is 1080. The van der Waals surface area contributed by atoms with E-state index in [-0.39, 0.29) is 36.4 Å². The van der Waals surface area contributed by atoms with Crippen LogP contribution in [0.4, 0.5) is 0 Å². The monoisotopic (exact) mass is 468 g/mol. The van der Waals surface area contributed by atoms with Crippen LogP contribution in [0.1, 0.15) is 49.3 Å².